The Balaban J connectivity index is 1.52. The number of anilines is 1. The van der Waals surface area contributed by atoms with E-state index in [1.165, 1.54) is 16.6 Å². The molecule has 0 saturated carbocycles. The second-order valence-electron chi connectivity index (χ2n) is 8.15. The summed E-state index contributed by atoms with van der Waals surface area (Å²) in [5.41, 5.74) is 3.19. The maximum absolute atomic E-state index is 13.8. The van der Waals surface area contributed by atoms with Gasteiger partial charge in [0, 0.05) is 20.6 Å². The molecule has 1 aliphatic rings. The summed E-state index contributed by atoms with van der Waals surface area (Å²) >= 11 is 15.1. The summed E-state index contributed by atoms with van der Waals surface area (Å²) in [5.74, 6) is -0.0967. The van der Waals surface area contributed by atoms with Gasteiger partial charge in [-0.3, -0.25) is 14.2 Å². The van der Waals surface area contributed by atoms with Crippen LogP contribution in [-0.2, 0) is 17.6 Å². The zero-order valence-electron chi connectivity index (χ0n) is 18.4. The number of halogens is 2. The molecule has 0 saturated heterocycles. The van der Waals surface area contributed by atoms with Crippen LogP contribution in [0.5, 0.6) is 0 Å². The number of amides is 1. The van der Waals surface area contributed by atoms with Crippen molar-refractivity contribution in [1.29, 1.82) is 0 Å². The summed E-state index contributed by atoms with van der Waals surface area (Å²) in [6, 6.07) is 12.5. The van der Waals surface area contributed by atoms with E-state index in [1.807, 2.05) is 13.0 Å². The second kappa shape index (κ2) is 9.74. The van der Waals surface area contributed by atoms with Gasteiger partial charge < -0.3 is 5.32 Å². The lowest BCUT2D eigenvalue weighted by atomic mass is 9.97. The number of aromatic nitrogens is 2. The molecule has 1 aliphatic carbocycles. The van der Waals surface area contributed by atoms with E-state index < -0.39 is 0 Å². The van der Waals surface area contributed by atoms with Crippen LogP contribution < -0.4 is 10.9 Å². The van der Waals surface area contributed by atoms with E-state index in [1.54, 1.807) is 52.3 Å². The van der Waals surface area contributed by atoms with Crippen LogP contribution in [0.1, 0.15) is 28.8 Å². The van der Waals surface area contributed by atoms with Gasteiger partial charge in [-0.25, -0.2) is 4.98 Å². The van der Waals surface area contributed by atoms with Crippen molar-refractivity contribution in [2.75, 3.05) is 11.1 Å². The number of thiophene rings is 1. The van der Waals surface area contributed by atoms with E-state index in [-0.39, 0.29) is 17.2 Å². The first-order chi connectivity index (χ1) is 16.4. The van der Waals surface area contributed by atoms with Crippen LogP contribution >= 0.6 is 46.3 Å². The number of nitrogens with one attached hydrogen (secondary N) is 1. The third kappa shape index (κ3) is 4.50. The van der Waals surface area contributed by atoms with Gasteiger partial charge in [0.15, 0.2) is 5.16 Å². The summed E-state index contributed by atoms with van der Waals surface area (Å²) in [5, 5.41) is 5.28. The highest BCUT2D eigenvalue weighted by atomic mass is 35.5. The Morgan fingerprint density at radius 3 is 2.71 bits per heavy atom. The Morgan fingerprint density at radius 1 is 1.15 bits per heavy atom. The van der Waals surface area contributed by atoms with Gasteiger partial charge in [0.25, 0.3) is 5.56 Å². The fraction of sp³-hybridized carbons (Fsp3) is 0.240. The Labute approximate surface area is 215 Å². The normalized spacial score (nSPS) is 13.1. The average molecular weight is 531 g/mol. The smallest absolute Gasteiger partial charge is 0.267 e. The second-order valence-corrected chi connectivity index (χ2v) is 11.0. The lowest BCUT2D eigenvalue weighted by molar-refractivity contribution is -0.113. The van der Waals surface area contributed by atoms with Crippen LogP contribution in [0, 0.1) is 6.92 Å². The third-order valence-electron chi connectivity index (χ3n) is 5.92. The van der Waals surface area contributed by atoms with Gasteiger partial charge in [-0.15, -0.1) is 11.3 Å². The van der Waals surface area contributed by atoms with Crippen LogP contribution in [0.2, 0.25) is 10.0 Å². The van der Waals surface area contributed by atoms with Gasteiger partial charge in [-0.1, -0.05) is 41.0 Å². The first kappa shape index (κ1) is 23.4. The minimum absolute atomic E-state index is 0.0969. The average Bonchev–Trinajstić information content (AvgIpc) is 3.20. The molecule has 1 N–H and O–H groups in total. The Hall–Kier alpha value is -2.32. The Kier molecular flexibility index (Phi) is 6.71. The molecule has 2 heterocycles. The number of nitrogens with zero attached hydrogens (tertiary/aromatic N) is 2. The topological polar surface area (TPSA) is 64.0 Å². The summed E-state index contributed by atoms with van der Waals surface area (Å²) in [6.07, 6.45) is 4.11. The van der Waals surface area contributed by atoms with Crippen molar-refractivity contribution in [3.63, 3.8) is 0 Å². The number of benzene rings is 2. The van der Waals surface area contributed by atoms with E-state index in [2.05, 4.69) is 5.32 Å². The molecule has 0 radical (unpaired) electrons. The number of carbonyl (C=O) groups excluding carboxylic acids is 1. The minimum Gasteiger partial charge on any atom is -0.325 e. The zero-order valence-corrected chi connectivity index (χ0v) is 21.5. The van der Waals surface area contributed by atoms with Crippen LogP contribution in [0.4, 0.5) is 5.69 Å². The summed E-state index contributed by atoms with van der Waals surface area (Å²) < 4.78 is 1.60. The highest BCUT2D eigenvalue weighted by molar-refractivity contribution is 7.99. The monoisotopic (exact) mass is 529 g/mol. The summed E-state index contributed by atoms with van der Waals surface area (Å²) in [7, 11) is 0. The molecule has 1 amide bonds. The molecule has 2 aromatic heterocycles. The lowest BCUT2D eigenvalue weighted by Gasteiger charge is -2.14. The van der Waals surface area contributed by atoms with Crippen molar-refractivity contribution in [3.8, 4) is 5.69 Å². The maximum atomic E-state index is 13.8. The minimum atomic E-state index is -0.196. The summed E-state index contributed by atoms with van der Waals surface area (Å²) in [6.45, 7) is 1.86. The van der Waals surface area contributed by atoms with Gasteiger partial charge in [0.2, 0.25) is 5.91 Å². The molecule has 0 atom stereocenters. The van der Waals surface area contributed by atoms with Crippen molar-refractivity contribution in [1.82, 2.24) is 9.55 Å². The van der Waals surface area contributed by atoms with Gasteiger partial charge in [-0.2, -0.15) is 0 Å². The molecule has 0 bridgehead atoms. The number of carbonyl (C=O) groups is 1. The molecule has 5 nitrogen and oxygen atoms in total. The molecule has 0 aliphatic heterocycles. The molecule has 5 rings (SSSR count). The Morgan fingerprint density at radius 2 is 1.91 bits per heavy atom. The SMILES string of the molecule is Cc1c(Cl)cccc1NC(=O)CSc1nc2sc3c(c2c(=O)n1-c1ccc(Cl)cc1)CCCC3. The van der Waals surface area contributed by atoms with E-state index in [0.29, 0.717) is 32.0 Å². The molecule has 0 spiro atoms. The highest BCUT2D eigenvalue weighted by Gasteiger charge is 2.23. The van der Waals surface area contributed by atoms with E-state index in [0.717, 1.165) is 41.6 Å². The van der Waals surface area contributed by atoms with Crippen LogP contribution in [0.15, 0.2) is 52.4 Å². The lowest BCUT2D eigenvalue weighted by Crippen LogP contribution is -2.23. The largest absolute Gasteiger partial charge is 0.325 e. The predicted octanol–water partition coefficient (Wildman–Crippen LogP) is 6.67. The molecule has 0 fully saturated rings. The Bertz CT molecular complexity index is 1460. The standard InChI is InChI=1S/C25H21Cl2N3O2S2/c1-14-18(27)6-4-7-19(14)28-21(31)13-33-25-29-23-22(17-5-2-3-8-20(17)34-23)24(32)30(25)16-11-9-15(26)10-12-16/h4,6-7,9-12H,2-3,5,8,13H2,1H3,(H,28,31). The first-order valence-electron chi connectivity index (χ1n) is 10.9. The molecular weight excluding hydrogens is 509 g/mol. The van der Waals surface area contributed by atoms with Gasteiger partial charge >= 0.3 is 0 Å². The van der Waals surface area contributed by atoms with E-state index in [9.17, 15) is 9.59 Å². The van der Waals surface area contributed by atoms with Gasteiger partial charge in [-0.05, 0) is 80.1 Å². The fourth-order valence-corrected chi connectivity index (χ4v) is 6.58. The summed E-state index contributed by atoms with van der Waals surface area (Å²) in [4.78, 5) is 33.4. The van der Waals surface area contributed by atoms with Crippen molar-refractivity contribution in [2.24, 2.45) is 0 Å². The quantitative estimate of drug-likeness (QED) is 0.231. The zero-order chi connectivity index (χ0) is 23.8. The number of thioether (sulfide) groups is 1. The number of aryl methyl sites for hydroxylation is 2. The number of fused-ring (bicyclic) bond motifs is 3. The third-order valence-corrected chi connectivity index (χ3v) is 8.70. The number of hydrogen-bond acceptors (Lipinski definition) is 5. The molecule has 0 unspecified atom stereocenters. The van der Waals surface area contributed by atoms with Crippen LogP contribution in [-0.4, -0.2) is 21.2 Å². The maximum Gasteiger partial charge on any atom is 0.267 e. The molecule has 9 heteroatoms. The predicted molar refractivity (Wildman–Crippen MR) is 142 cm³/mol. The number of hydrogen-bond donors (Lipinski definition) is 1. The van der Waals surface area contributed by atoms with Gasteiger partial charge in [0.05, 0.1) is 16.8 Å². The van der Waals surface area contributed by atoms with Crippen molar-refractivity contribution in [2.45, 2.75) is 37.8 Å². The molecule has 174 valence electrons. The van der Waals surface area contributed by atoms with Crippen molar-refractivity contribution in [3.05, 3.63) is 78.9 Å². The molecular formula is C25H21Cl2N3O2S2. The first-order valence-corrected chi connectivity index (χ1v) is 13.5. The number of rotatable bonds is 5. The van der Waals surface area contributed by atoms with Crippen molar-refractivity contribution < 1.29 is 4.79 Å². The fourth-order valence-electron chi connectivity index (χ4n) is 4.16. The highest BCUT2D eigenvalue weighted by Crippen LogP contribution is 2.35. The molecule has 4 aromatic rings. The van der Waals surface area contributed by atoms with E-state index in [4.69, 9.17) is 28.2 Å². The van der Waals surface area contributed by atoms with Gasteiger partial charge in [0.1, 0.15) is 4.83 Å². The van der Waals surface area contributed by atoms with Crippen molar-refractivity contribution >= 4 is 68.1 Å². The van der Waals surface area contributed by atoms with Crippen LogP contribution in [0.25, 0.3) is 15.9 Å². The van der Waals surface area contributed by atoms with Crippen LogP contribution in [0.3, 0.4) is 0 Å². The molecule has 2 aromatic carbocycles. The molecule has 34 heavy (non-hydrogen) atoms. The van der Waals surface area contributed by atoms with E-state index >= 15 is 0 Å².